The molecular formula is C13H21NO. The van der Waals surface area contributed by atoms with Gasteiger partial charge in [0, 0.05) is 6.54 Å². The first kappa shape index (κ1) is 12.1. The summed E-state index contributed by atoms with van der Waals surface area (Å²) in [5, 5.41) is 0. The highest BCUT2D eigenvalue weighted by molar-refractivity contribution is 5.37. The lowest BCUT2D eigenvalue weighted by Crippen LogP contribution is -2.16. The van der Waals surface area contributed by atoms with Gasteiger partial charge in [0.2, 0.25) is 0 Å². The SMILES string of the molecule is CCc1cc(CN(C)CC)ccc1OC. The molecule has 0 saturated carbocycles. The lowest BCUT2D eigenvalue weighted by molar-refractivity contribution is 0.345. The maximum Gasteiger partial charge on any atom is 0.122 e. The van der Waals surface area contributed by atoms with Crippen molar-refractivity contribution in [2.45, 2.75) is 26.8 Å². The summed E-state index contributed by atoms with van der Waals surface area (Å²) in [7, 11) is 3.86. The first-order valence-electron chi connectivity index (χ1n) is 5.55. The molecule has 0 spiro atoms. The molecule has 1 aromatic carbocycles. The number of methoxy groups -OCH3 is 1. The van der Waals surface area contributed by atoms with Crippen LogP contribution in [0.1, 0.15) is 25.0 Å². The lowest BCUT2D eigenvalue weighted by atomic mass is 10.1. The predicted molar refractivity (Wildman–Crippen MR) is 64.4 cm³/mol. The molecule has 0 radical (unpaired) electrons. The molecule has 0 heterocycles. The fraction of sp³-hybridized carbons (Fsp3) is 0.538. The Morgan fingerprint density at radius 1 is 1.27 bits per heavy atom. The molecule has 2 nitrogen and oxygen atoms in total. The number of aryl methyl sites for hydroxylation is 1. The van der Waals surface area contributed by atoms with Crippen molar-refractivity contribution in [3.8, 4) is 5.75 Å². The summed E-state index contributed by atoms with van der Waals surface area (Å²) in [4.78, 5) is 2.29. The highest BCUT2D eigenvalue weighted by atomic mass is 16.5. The number of ether oxygens (including phenoxy) is 1. The molecular weight excluding hydrogens is 186 g/mol. The van der Waals surface area contributed by atoms with Crippen molar-refractivity contribution in [2.24, 2.45) is 0 Å². The third-order valence-electron chi connectivity index (χ3n) is 2.72. The Kier molecular flexibility index (Phi) is 4.63. The molecule has 0 aliphatic heterocycles. The summed E-state index contributed by atoms with van der Waals surface area (Å²) in [6.45, 7) is 6.41. The molecule has 0 unspecified atom stereocenters. The highest BCUT2D eigenvalue weighted by Crippen LogP contribution is 2.20. The van der Waals surface area contributed by atoms with E-state index in [1.165, 1.54) is 11.1 Å². The van der Waals surface area contributed by atoms with Gasteiger partial charge < -0.3 is 9.64 Å². The summed E-state index contributed by atoms with van der Waals surface area (Å²) in [6.07, 6.45) is 1.02. The third kappa shape index (κ3) is 3.24. The summed E-state index contributed by atoms with van der Waals surface area (Å²) in [5.74, 6) is 1.00. The summed E-state index contributed by atoms with van der Waals surface area (Å²) >= 11 is 0. The Morgan fingerprint density at radius 2 is 2.00 bits per heavy atom. The van der Waals surface area contributed by atoms with Gasteiger partial charge in [-0.1, -0.05) is 26.0 Å². The van der Waals surface area contributed by atoms with Crippen LogP contribution >= 0.6 is 0 Å². The second-order valence-electron chi connectivity index (χ2n) is 3.83. The highest BCUT2D eigenvalue weighted by Gasteiger charge is 2.03. The number of hydrogen-bond acceptors (Lipinski definition) is 2. The summed E-state index contributed by atoms with van der Waals surface area (Å²) < 4.78 is 5.31. The minimum absolute atomic E-state index is 1.00. The fourth-order valence-electron chi connectivity index (χ4n) is 1.63. The van der Waals surface area contributed by atoms with Gasteiger partial charge >= 0.3 is 0 Å². The Hall–Kier alpha value is -1.02. The van der Waals surface area contributed by atoms with Crippen molar-refractivity contribution < 1.29 is 4.74 Å². The van der Waals surface area contributed by atoms with Gasteiger partial charge in [-0.2, -0.15) is 0 Å². The van der Waals surface area contributed by atoms with E-state index in [4.69, 9.17) is 4.74 Å². The van der Waals surface area contributed by atoms with Crippen LogP contribution in [0.5, 0.6) is 5.75 Å². The van der Waals surface area contributed by atoms with Crippen LogP contribution in [0.15, 0.2) is 18.2 Å². The normalized spacial score (nSPS) is 10.7. The van der Waals surface area contributed by atoms with E-state index in [1.54, 1.807) is 7.11 Å². The second-order valence-corrected chi connectivity index (χ2v) is 3.83. The van der Waals surface area contributed by atoms with Crippen molar-refractivity contribution >= 4 is 0 Å². The maximum atomic E-state index is 5.31. The molecule has 0 fully saturated rings. The van der Waals surface area contributed by atoms with E-state index < -0.39 is 0 Å². The molecule has 15 heavy (non-hydrogen) atoms. The molecule has 0 atom stereocenters. The van der Waals surface area contributed by atoms with Gasteiger partial charge in [-0.05, 0) is 37.2 Å². The number of hydrogen-bond donors (Lipinski definition) is 0. The van der Waals surface area contributed by atoms with Crippen molar-refractivity contribution in [3.05, 3.63) is 29.3 Å². The van der Waals surface area contributed by atoms with E-state index in [1.807, 2.05) is 0 Å². The third-order valence-corrected chi connectivity index (χ3v) is 2.72. The Morgan fingerprint density at radius 3 is 2.53 bits per heavy atom. The predicted octanol–water partition coefficient (Wildman–Crippen LogP) is 2.71. The molecule has 84 valence electrons. The van der Waals surface area contributed by atoms with Crippen molar-refractivity contribution in [1.82, 2.24) is 4.90 Å². The zero-order valence-electron chi connectivity index (χ0n) is 10.2. The van der Waals surface area contributed by atoms with Gasteiger partial charge in [0.1, 0.15) is 5.75 Å². The van der Waals surface area contributed by atoms with Crippen LogP contribution < -0.4 is 4.74 Å². The van der Waals surface area contributed by atoms with Crippen LogP contribution in [0.25, 0.3) is 0 Å². The van der Waals surface area contributed by atoms with E-state index in [0.29, 0.717) is 0 Å². The molecule has 0 amide bonds. The minimum Gasteiger partial charge on any atom is -0.496 e. The van der Waals surface area contributed by atoms with Crippen LogP contribution in [0.3, 0.4) is 0 Å². The van der Waals surface area contributed by atoms with E-state index in [-0.39, 0.29) is 0 Å². The first-order chi connectivity index (χ1) is 7.21. The van der Waals surface area contributed by atoms with Gasteiger partial charge in [0.15, 0.2) is 0 Å². The average molecular weight is 207 g/mol. The van der Waals surface area contributed by atoms with Crippen LogP contribution in [0, 0.1) is 0 Å². The Bertz CT molecular complexity index is 309. The Balaban J connectivity index is 2.83. The molecule has 0 saturated heterocycles. The average Bonchev–Trinajstić information content (AvgIpc) is 2.28. The van der Waals surface area contributed by atoms with Gasteiger partial charge in [-0.15, -0.1) is 0 Å². The minimum atomic E-state index is 1.00. The van der Waals surface area contributed by atoms with Gasteiger partial charge in [-0.3, -0.25) is 0 Å². The van der Waals surface area contributed by atoms with Crippen molar-refractivity contribution in [1.29, 1.82) is 0 Å². The number of benzene rings is 1. The zero-order chi connectivity index (χ0) is 11.3. The van der Waals surface area contributed by atoms with Gasteiger partial charge in [0.05, 0.1) is 7.11 Å². The zero-order valence-corrected chi connectivity index (χ0v) is 10.2. The standard InChI is InChI=1S/C13H21NO/c1-5-12-9-11(10-14(3)6-2)7-8-13(12)15-4/h7-9H,5-6,10H2,1-4H3. The lowest BCUT2D eigenvalue weighted by Gasteiger charge is -2.15. The molecule has 0 bridgehead atoms. The second kappa shape index (κ2) is 5.76. The first-order valence-corrected chi connectivity index (χ1v) is 5.55. The van der Waals surface area contributed by atoms with E-state index >= 15 is 0 Å². The van der Waals surface area contributed by atoms with Crippen LogP contribution in [-0.4, -0.2) is 25.6 Å². The summed E-state index contributed by atoms with van der Waals surface area (Å²) in [6, 6.07) is 6.45. The van der Waals surface area contributed by atoms with E-state index in [2.05, 4.69) is 44.0 Å². The molecule has 0 N–H and O–H groups in total. The van der Waals surface area contributed by atoms with Gasteiger partial charge in [-0.25, -0.2) is 0 Å². The molecule has 1 rings (SSSR count). The molecule has 0 aliphatic rings. The van der Waals surface area contributed by atoms with Gasteiger partial charge in [0.25, 0.3) is 0 Å². The molecule has 0 aliphatic carbocycles. The maximum absolute atomic E-state index is 5.31. The van der Waals surface area contributed by atoms with Crippen molar-refractivity contribution in [2.75, 3.05) is 20.7 Å². The Labute approximate surface area is 92.9 Å². The van der Waals surface area contributed by atoms with Crippen LogP contribution in [0.2, 0.25) is 0 Å². The molecule has 0 aromatic heterocycles. The number of rotatable bonds is 5. The monoisotopic (exact) mass is 207 g/mol. The molecule has 2 heteroatoms. The summed E-state index contributed by atoms with van der Waals surface area (Å²) in [5.41, 5.74) is 2.65. The molecule has 1 aromatic rings. The largest absolute Gasteiger partial charge is 0.496 e. The number of nitrogens with zero attached hydrogens (tertiary/aromatic N) is 1. The fourth-order valence-corrected chi connectivity index (χ4v) is 1.63. The quantitative estimate of drug-likeness (QED) is 0.736. The van der Waals surface area contributed by atoms with Crippen LogP contribution in [0.4, 0.5) is 0 Å². The smallest absolute Gasteiger partial charge is 0.122 e. The van der Waals surface area contributed by atoms with E-state index in [0.717, 1.165) is 25.3 Å². The van der Waals surface area contributed by atoms with E-state index in [9.17, 15) is 0 Å². The van der Waals surface area contributed by atoms with Crippen molar-refractivity contribution in [3.63, 3.8) is 0 Å². The topological polar surface area (TPSA) is 12.5 Å². The van der Waals surface area contributed by atoms with Crippen LogP contribution in [-0.2, 0) is 13.0 Å².